The Morgan fingerprint density at radius 1 is 1.17 bits per heavy atom. The summed E-state index contributed by atoms with van der Waals surface area (Å²) in [4.78, 5) is 14.0. The van der Waals surface area contributed by atoms with Gasteiger partial charge < -0.3 is 10.2 Å². The van der Waals surface area contributed by atoms with Crippen LogP contribution in [0.3, 0.4) is 0 Å². The van der Waals surface area contributed by atoms with Gasteiger partial charge in [0.25, 0.3) is 0 Å². The van der Waals surface area contributed by atoms with Gasteiger partial charge in [0.15, 0.2) is 8.68 Å². The van der Waals surface area contributed by atoms with Gasteiger partial charge in [-0.2, -0.15) is 0 Å². The van der Waals surface area contributed by atoms with E-state index in [-0.39, 0.29) is 5.91 Å². The quantitative estimate of drug-likeness (QED) is 0.723. The van der Waals surface area contributed by atoms with Crippen LogP contribution in [0, 0.1) is 0 Å². The lowest BCUT2D eigenvalue weighted by atomic mass is 10.2. The number of benzene rings is 1. The van der Waals surface area contributed by atoms with Gasteiger partial charge in [-0.3, -0.25) is 4.79 Å². The van der Waals surface area contributed by atoms with Gasteiger partial charge in [0.05, 0.1) is 5.75 Å². The normalized spacial score (nSPS) is 10.6. The summed E-state index contributed by atoms with van der Waals surface area (Å²) >= 11 is 4.64. The van der Waals surface area contributed by atoms with Crippen LogP contribution in [0.1, 0.15) is 12.5 Å². The van der Waals surface area contributed by atoms with Crippen LogP contribution < -0.4 is 10.2 Å². The Kier molecular flexibility index (Phi) is 7.19. The van der Waals surface area contributed by atoms with Crippen molar-refractivity contribution in [1.29, 1.82) is 0 Å². The van der Waals surface area contributed by atoms with E-state index in [0.29, 0.717) is 12.3 Å². The smallest absolute Gasteiger partial charge is 0.230 e. The van der Waals surface area contributed by atoms with Crippen molar-refractivity contribution >= 4 is 46.5 Å². The van der Waals surface area contributed by atoms with Crippen molar-refractivity contribution < 1.29 is 4.79 Å². The van der Waals surface area contributed by atoms with Crippen LogP contribution in [0.4, 0.5) is 5.69 Å². The molecular weight excluding hydrogens is 348 g/mol. The highest BCUT2D eigenvalue weighted by atomic mass is 32.2. The third kappa shape index (κ3) is 6.04. The molecule has 1 aromatic heterocycles. The van der Waals surface area contributed by atoms with Crippen molar-refractivity contribution in [2.75, 3.05) is 30.5 Å². The maximum atomic E-state index is 11.9. The number of hydrogen-bond acceptors (Lipinski definition) is 7. The minimum absolute atomic E-state index is 0.00609. The molecule has 1 aromatic carbocycles. The summed E-state index contributed by atoms with van der Waals surface area (Å²) in [6.45, 7) is 2.62. The first kappa shape index (κ1) is 18.1. The molecule has 0 aliphatic heterocycles. The standard InChI is InChI=1S/C15H20N4OS3/c1-4-21-14-17-18-15(23-14)22-10-13(20)16-9-11-5-7-12(8-6-11)19(2)3/h5-8H,4,9-10H2,1-3H3,(H,16,20). The Morgan fingerprint density at radius 2 is 1.83 bits per heavy atom. The number of thioether (sulfide) groups is 2. The van der Waals surface area contributed by atoms with Crippen LogP contribution in [0.25, 0.3) is 0 Å². The van der Waals surface area contributed by atoms with Gasteiger partial charge in [0, 0.05) is 26.3 Å². The fourth-order valence-electron chi connectivity index (χ4n) is 1.73. The molecule has 0 bridgehead atoms. The number of nitrogens with zero attached hydrogens (tertiary/aromatic N) is 3. The fraction of sp³-hybridized carbons (Fsp3) is 0.400. The summed E-state index contributed by atoms with van der Waals surface area (Å²) < 4.78 is 1.79. The van der Waals surface area contributed by atoms with Crippen molar-refractivity contribution in [2.45, 2.75) is 22.1 Å². The zero-order chi connectivity index (χ0) is 16.7. The molecule has 0 radical (unpaired) electrons. The second-order valence-electron chi connectivity index (χ2n) is 4.89. The van der Waals surface area contributed by atoms with Crippen molar-refractivity contribution in [2.24, 2.45) is 0 Å². The summed E-state index contributed by atoms with van der Waals surface area (Å²) in [5.41, 5.74) is 2.24. The highest BCUT2D eigenvalue weighted by molar-refractivity contribution is 8.03. The van der Waals surface area contributed by atoms with E-state index in [1.165, 1.54) is 23.1 Å². The summed E-state index contributed by atoms with van der Waals surface area (Å²) in [6.07, 6.45) is 0. The van der Waals surface area contributed by atoms with E-state index in [1.807, 2.05) is 43.3 Å². The van der Waals surface area contributed by atoms with Crippen molar-refractivity contribution in [3.8, 4) is 0 Å². The van der Waals surface area contributed by atoms with Crippen LogP contribution in [0.15, 0.2) is 32.9 Å². The molecule has 1 N–H and O–H groups in total. The number of carbonyl (C=O) groups is 1. The average molecular weight is 369 g/mol. The second kappa shape index (κ2) is 9.14. The van der Waals surface area contributed by atoms with E-state index < -0.39 is 0 Å². The molecule has 0 saturated carbocycles. The first-order valence-electron chi connectivity index (χ1n) is 7.20. The number of nitrogens with one attached hydrogen (secondary N) is 1. The minimum atomic E-state index is 0.00609. The second-order valence-corrected chi connectivity index (χ2v) is 8.60. The van der Waals surface area contributed by atoms with Crippen LogP contribution in [-0.4, -0.2) is 41.7 Å². The number of amides is 1. The number of anilines is 1. The minimum Gasteiger partial charge on any atom is -0.378 e. The maximum absolute atomic E-state index is 11.9. The van der Waals surface area contributed by atoms with E-state index >= 15 is 0 Å². The summed E-state index contributed by atoms with van der Waals surface area (Å²) in [6, 6.07) is 8.15. The van der Waals surface area contributed by atoms with Crippen molar-refractivity contribution in [3.63, 3.8) is 0 Å². The van der Waals surface area contributed by atoms with E-state index in [4.69, 9.17) is 0 Å². The van der Waals surface area contributed by atoms with Crippen LogP contribution in [0.2, 0.25) is 0 Å². The molecule has 5 nitrogen and oxygen atoms in total. The molecule has 0 saturated heterocycles. The number of aromatic nitrogens is 2. The van der Waals surface area contributed by atoms with Gasteiger partial charge in [0.1, 0.15) is 0 Å². The maximum Gasteiger partial charge on any atom is 0.230 e. The Morgan fingerprint density at radius 3 is 2.43 bits per heavy atom. The monoisotopic (exact) mass is 368 g/mol. The van der Waals surface area contributed by atoms with E-state index in [2.05, 4.69) is 22.4 Å². The van der Waals surface area contributed by atoms with E-state index in [1.54, 1.807) is 11.8 Å². The van der Waals surface area contributed by atoms with Gasteiger partial charge in [-0.25, -0.2) is 0 Å². The van der Waals surface area contributed by atoms with Gasteiger partial charge in [-0.1, -0.05) is 53.9 Å². The fourth-order valence-corrected chi connectivity index (χ4v) is 4.48. The highest BCUT2D eigenvalue weighted by Crippen LogP contribution is 2.28. The zero-order valence-electron chi connectivity index (χ0n) is 13.4. The third-order valence-corrected chi connectivity index (χ3v) is 6.00. The van der Waals surface area contributed by atoms with Crippen molar-refractivity contribution in [3.05, 3.63) is 29.8 Å². The Bertz CT molecular complexity index is 628. The lowest BCUT2D eigenvalue weighted by Gasteiger charge is -2.12. The zero-order valence-corrected chi connectivity index (χ0v) is 15.9. The molecule has 0 unspecified atom stereocenters. The van der Waals surface area contributed by atoms with Gasteiger partial charge >= 0.3 is 0 Å². The molecule has 0 aliphatic rings. The van der Waals surface area contributed by atoms with Crippen LogP contribution >= 0.6 is 34.9 Å². The molecule has 8 heteroatoms. The summed E-state index contributed by atoms with van der Waals surface area (Å²) in [5, 5.41) is 11.1. The summed E-state index contributed by atoms with van der Waals surface area (Å²) in [5.74, 6) is 1.35. The molecule has 2 rings (SSSR count). The van der Waals surface area contributed by atoms with E-state index in [0.717, 1.165) is 25.7 Å². The largest absolute Gasteiger partial charge is 0.378 e. The van der Waals surface area contributed by atoms with Gasteiger partial charge in [0.2, 0.25) is 5.91 Å². The molecule has 1 heterocycles. The lowest BCUT2D eigenvalue weighted by molar-refractivity contribution is -0.118. The molecule has 124 valence electrons. The number of carbonyl (C=O) groups excluding carboxylic acids is 1. The lowest BCUT2D eigenvalue weighted by Crippen LogP contribution is -2.24. The third-order valence-electron chi connectivity index (χ3n) is 2.92. The highest BCUT2D eigenvalue weighted by Gasteiger charge is 2.08. The molecular formula is C15H20N4OS3. The molecule has 0 aliphatic carbocycles. The molecule has 0 atom stereocenters. The molecule has 1 amide bonds. The van der Waals surface area contributed by atoms with Crippen LogP contribution in [0.5, 0.6) is 0 Å². The summed E-state index contributed by atoms with van der Waals surface area (Å²) in [7, 11) is 4.01. The molecule has 23 heavy (non-hydrogen) atoms. The van der Waals surface area contributed by atoms with E-state index in [9.17, 15) is 4.79 Å². The Hall–Kier alpha value is -1.25. The topological polar surface area (TPSA) is 58.1 Å². The molecule has 0 spiro atoms. The predicted octanol–water partition coefficient (Wildman–Crippen LogP) is 3.12. The Labute approximate surface area is 149 Å². The SMILES string of the molecule is CCSc1nnc(SCC(=O)NCc2ccc(N(C)C)cc2)s1. The first-order chi connectivity index (χ1) is 11.1. The van der Waals surface area contributed by atoms with Gasteiger partial charge in [-0.15, -0.1) is 10.2 Å². The average Bonchev–Trinajstić information content (AvgIpc) is 2.99. The van der Waals surface area contributed by atoms with Crippen molar-refractivity contribution in [1.82, 2.24) is 15.5 Å². The molecule has 0 fully saturated rings. The Balaban J connectivity index is 1.74. The molecule has 2 aromatic rings. The predicted molar refractivity (Wildman–Crippen MR) is 99.6 cm³/mol. The van der Waals surface area contributed by atoms with Gasteiger partial charge in [-0.05, 0) is 23.4 Å². The first-order valence-corrected chi connectivity index (χ1v) is 9.99. The number of rotatable bonds is 8. The van der Waals surface area contributed by atoms with Crippen LogP contribution in [-0.2, 0) is 11.3 Å². The number of hydrogen-bond donors (Lipinski definition) is 1.